The predicted molar refractivity (Wildman–Crippen MR) is 78.6 cm³/mol. The molecule has 2 heterocycles. The summed E-state index contributed by atoms with van der Waals surface area (Å²) in [5, 5.41) is 7.43. The van der Waals surface area contributed by atoms with Crippen molar-refractivity contribution in [3.8, 4) is 0 Å². The summed E-state index contributed by atoms with van der Waals surface area (Å²) in [7, 11) is 2.10. The minimum Gasteiger partial charge on any atom is -0.338 e. The Labute approximate surface area is 121 Å². The van der Waals surface area contributed by atoms with E-state index in [9.17, 15) is 0 Å². The Morgan fingerprint density at radius 1 is 1.30 bits per heavy atom. The maximum Gasteiger partial charge on any atom is 0.240 e. The van der Waals surface area contributed by atoms with Crippen molar-refractivity contribution >= 4 is 0 Å². The Hall–Kier alpha value is -0.980. The number of hydrogen-bond donors (Lipinski definition) is 1. The predicted octanol–water partition coefficient (Wildman–Crippen LogP) is 0.704. The van der Waals surface area contributed by atoms with E-state index in [0.717, 1.165) is 51.6 Å². The van der Waals surface area contributed by atoms with Gasteiger partial charge < -0.3 is 9.84 Å². The van der Waals surface area contributed by atoms with Crippen LogP contribution in [0.4, 0.5) is 0 Å². The van der Waals surface area contributed by atoms with E-state index in [-0.39, 0.29) is 5.41 Å². The SMILES string of the molecule is CN(CCN1CCNCC1)Cc1nc(C(C)(C)C)no1. The van der Waals surface area contributed by atoms with Crippen LogP contribution in [0.25, 0.3) is 0 Å². The minimum atomic E-state index is -0.0544. The van der Waals surface area contributed by atoms with Gasteiger partial charge in [0, 0.05) is 44.7 Å². The lowest BCUT2D eigenvalue weighted by atomic mass is 9.96. The Kier molecular flexibility index (Phi) is 5.12. The van der Waals surface area contributed by atoms with Gasteiger partial charge in [-0.1, -0.05) is 25.9 Å². The smallest absolute Gasteiger partial charge is 0.240 e. The number of piperazine rings is 1. The summed E-state index contributed by atoms with van der Waals surface area (Å²) < 4.78 is 5.33. The van der Waals surface area contributed by atoms with Crippen LogP contribution in [0.3, 0.4) is 0 Å². The normalized spacial score (nSPS) is 17.9. The maximum atomic E-state index is 5.33. The zero-order valence-corrected chi connectivity index (χ0v) is 13.1. The second-order valence-electron chi connectivity index (χ2n) is 6.59. The molecule has 0 aliphatic carbocycles. The molecular weight excluding hydrogens is 254 g/mol. The number of likely N-dealkylation sites (N-methyl/N-ethyl adjacent to an activating group) is 1. The molecule has 1 N–H and O–H groups in total. The zero-order valence-electron chi connectivity index (χ0n) is 13.1. The van der Waals surface area contributed by atoms with E-state index in [0.29, 0.717) is 5.89 Å². The number of nitrogens with one attached hydrogen (secondary N) is 1. The third-order valence-electron chi connectivity index (χ3n) is 3.55. The van der Waals surface area contributed by atoms with Crippen molar-refractivity contribution in [3.05, 3.63) is 11.7 Å². The summed E-state index contributed by atoms with van der Waals surface area (Å²) in [6, 6.07) is 0. The highest BCUT2D eigenvalue weighted by molar-refractivity contribution is 4.99. The van der Waals surface area contributed by atoms with E-state index in [1.807, 2.05) is 0 Å². The standard InChI is InChI=1S/C14H27N5O/c1-14(2,3)13-16-12(20-17-13)11-18(4)9-10-19-7-5-15-6-8-19/h15H,5-11H2,1-4H3. The first-order valence-corrected chi connectivity index (χ1v) is 7.40. The van der Waals surface area contributed by atoms with Crippen molar-refractivity contribution in [2.45, 2.75) is 32.7 Å². The molecule has 0 saturated carbocycles. The third kappa shape index (κ3) is 4.54. The molecule has 114 valence electrons. The molecule has 1 aromatic heterocycles. The van der Waals surface area contributed by atoms with Gasteiger partial charge in [-0.3, -0.25) is 9.80 Å². The molecule has 1 aliphatic rings. The highest BCUT2D eigenvalue weighted by Crippen LogP contribution is 2.18. The highest BCUT2D eigenvalue weighted by Gasteiger charge is 2.21. The molecule has 1 aromatic rings. The molecule has 0 spiro atoms. The molecule has 0 amide bonds. The Morgan fingerprint density at radius 2 is 2.00 bits per heavy atom. The molecule has 0 bridgehead atoms. The summed E-state index contributed by atoms with van der Waals surface area (Å²) in [5.41, 5.74) is -0.0544. The van der Waals surface area contributed by atoms with Gasteiger partial charge in [0.05, 0.1) is 6.54 Å². The van der Waals surface area contributed by atoms with Gasteiger partial charge >= 0.3 is 0 Å². The van der Waals surface area contributed by atoms with Gasteiger partial charge in [0.25, 0.3) is 0 Å². The van der Waals surface area contributed by atoms with Crippen molar-refractivity contribution in [2.24, 2.45) is 0 Å². The van der Waals surface area contributed by atoms with Crippen LogP contribution in [0, 0.1) is 0 Å². The molecule has 1 saturated heterocycles. The van der Waals surface area contributed by atoms with E-state index in [2.05, 4.69) is 53.1 Å². The van der Waals surface area contributed by atoms with Crippen LogP contribution >= 0.6 is 0 Å². The molecular formula is C14H27N5O. The molecule has 6 nitrogen and oxygen atoms in total. The summed E-state index contributed by atoms with van der Waals surface area (Å²) in [4.78, 5) is 9.20. The molecule has 0 atom stereocenters. The molecule has 0 radical (unpaired) electrons. The van der Waals surface area contributed by atoms with Crippen LogP contribution in [-0.4, -0.2) is 66.3 Å². The van der Waals surface area contributed by atoms with Gasteiger partial charge in [-0.2, -0.15) is 4.98 Å². The number of rotatable bonds is 5. The monoisotopic (exact) mass is 281 g/mol. The van der Waals surface area contributed by atoms with Gasteiger partial charge in [0.1, 0.15) is 0 Å². The van der Waals surface area contributed by atoms with Gasteiger partial charge in [0.15, 0.2) is 5.82 Å². The topological polar surface area (TPSA) is 57.4 Å². The minimum absolute atomic E-state index is 0.0544. The number of hydrogen-bond acceptors (Lipinski definition) is 6. The first-order valence-electron chi connectivity index (χ1n) is 7.40. The average molecular weight is 281 g/mol. The van der Waals surface area contributed by atoms with Crippen molar-refractivity contribution in [2.75, 3.05) is 46.3 Å². The van der Waals surface area contributed by atoms with Crippen LogP contribution in [0.15, 0.2) is 4.52 Å². The van der Waals surface area contributed by atoms with Crippen LogP contribution in [-0.2, 0) is 12.0 Å². The average Bonchev–Trinajstić information content (AvgIpc) is 2.86. The Balaban J connectivity index is 1.76. The highest BCUT2D eigenvalue weighted by atomic mass is 16.5. The zero-order chi connectivity index (χ0) is 14.6. The fraction of sp³-hybridized carbons (Fsp3) is 0.857. The van der Waals surface area contributed by atoms with E-state index >= 15 is 0 Å². The van der Waals surface area contributed by atoms with Crippen LogP contribution in [0.2, 0.25) is 0 Å². The molecule has 6 heteroatoms. The van der Waals surface area contributed by atoms with Crippen molar-refractivity contribution < 1.29 is 4.52 Å². The summed E-state index contributed by atoms with van der Waals surface area (Å²) in [6.45, 7) is 13.6. The van der Waals surface area contributed by atoms with Crippen LogP contribution in [0.5, 0.6) is 0 Å². The first-order chi connectivity index (χ1) is 9.45. The fourth-order valence-corrected chi connectivity index (χ4v) is 2.18. The maximum absolute atomic E-state index is 5.33. The summed E-state index contributed by atoms with van der Waals surface area (Å²) in [6.07, 6.45) is 0. The number of nitrogens with zero attached hydrogens (tertiary/aromatic N) is 4. The number of aromatic nitrogens is 2. The largest absolute Gasteiger partial charge is 0.338 e. The third-order valence-corrected chi connectivity index (χ3v) is 3.55. The van der Waals surface area contributed by atoms with E-state index in [1.165, 1.54) is 0 Å². The van der Waals surface area contributed by atoms with E-state index in [4.69, 9.17) is 4.52 Å². The fourth-order valence-electron chi connectivity index (χ4n) is 2.18. The summed E-state index contributed by atoms with van der Waals surface area (Å²) in [5.74, 6) is 1.49. The van der Waals surface area contributed by atoms with E-state index in [1.54, 1.807) is 0 Å². The van der Waals surface area contributed by atoms with Gasteiger partial charge in [0.2, 0.25) is 5.89 Å². The lowest BCUT2D eigenvalue weighted by Crippen LogP contribution is -2.45. The van der Waals surface area contributed by atoms with Gasteiger partial charge in [-0.25, -0.2) is 0 Å². The molecule has 2 rings (SSSR count). The van der Waals surface area contributed by atoms with Gasteiger partial charge in [-0.05, 0) is 7.05 Å². The van der Waals surface area contributed by atoms with Crippen molar-refractivity contribution in [3.63, 3.8) is 0 Å². The molecule has 0 aromatic carbocycles. The molecule has 0 unspecified atom stereocenters. The second-order valence-corrected chi connectivity index (χ2v) is 6.59. The Morgan fingerprint density at radius 3 is 2.60 bits per heavy atom. The quantitative estimate of drug-likeness (QED) is 0.857. The van der Waals surface area contributed by atoms with Gasteiger partial charge in [-0.15, -0.1) is 0 Å². The first kappa shape index (κ1) is 15.4. The van der Waals surface area contributed by atoms with Crippen LogP contribution < -0.4 is 5.32 Å². The van der Waals surface area contributed by atoms with Crippen molar-refractivity contribution in [1.82, 2.24) is 25.3 Å². The van der Waals surface area contributed by atoms with Crippen molar-refractivity contribution in [1.29, 1.82) is 0 Å². The molecule has 1 aliphatic heterocycles. The summed E-state index contributed by atoms with van der Waals surface area (Å²) >= 11 is 0. The van der Waals surface area contributed by atoms with E-state index < -0.39 is 0 Å². The lowest BCUT2D eigenvalue weighted by Gasteiger charge is -2.28. The molecule has 20 heavy (non-hydrogen) atoms. The molecule has 1 fully saturated rings. The Bertz CT molecular complexity index is 406. The second kappa shape index (κ2) is 6.65. The van der Waals surface area contributed by atoms with Crippen LogP contribution in [0.1, 0.15) is 32.5 Å². The lowest BCUT2D eigenvalue weighted by molar-refractivity contribution is 0.192.